The predicted molar refractivity (Wildman–Crippen MR) is 73.2 cm³/mol. The average Bonchev–Trinajstić information content (AvgIpc) is 2.29. The van der Waals surface area contributed by atoms with Gasteiger partial charge in [-0.05, 0) is 30.5 Å². The van der Waals surface area contributed by atoms with Gasteiger partial charge in [-0.3, -0.25) is 0 Å². The molecule has 0 aliphatic rings. The summed E-state index contributed by atoms with van der Waals surface area (Å²) in [6, 6.07) is 5.30. The maximum absolute atomic E-state index is 9.42. The molecule has 0 radical (unpaired) electrons. The summed E-state index contributed by atoms with van der Waals surface area (Å²) in [7, 11) is 0. The van der Waals surface area contributed by atoms with Crippen LogP contribution in [0.25, 0.3) is 0 Å². The van der Waals surface area contributed by atoms with E-state index in [1.807, 2.05) is 0 Å². The maximum Gasteiger partial charge on any atom is 0.138 e. The van der Waals surface area contributed by atoms with Crippen LogP contribution in [0.15, 0.2) is 18.2 Å². The number of halogens is 1. The highest BCUT2D eigenvalue weighted by Crippen LogP contribution is 2.27. The van der Waals surface area contributed by atoms with E-state index < -0.39 is 6.10 Å². The largest absolute Gasteiger partial charge is 0.490 e. The lowest BCUT2D eigenvalue weighted by atomic mass is 10.1. The molecule has 0 aliphatic heterocycles. The topological polar surface area (TPSA) is 38.7 Å². The standard InChI is InChI=1S/C14H21ClO3/c1-10(2)9-17-6-7-18-14-5-4-12(11(3)16)8-13(14)15/h4-5,8,10-11,16H,6-7,9H2,1-3H3/t11-/m1/s1. The van der Waals surface area contributed by atoms with Crippen molar-refractivity contribution in [2.24, 2.45) is 5.92 Å². The molecule has 18 heavy (non-hydrogen) atoms. The van der Waals surface area contributed by atoms with Gasteiger partial charge in [0.15, 0.2) is 0 Å². The minimum absolute atomic E-state index is 0.473. The van der Waals surface area contributed by atoms with Gasteiger partial charge in [-0.1, -0.05) is 31.5 Å². The lowest BCUT2D eigenvalue weighted by molar-refractivity contribution is 0.0819. The van der Waals surface area contributed by atoms with Crippen LogP contribution >= 0.6 is 11.6 Å². The van der Waals surface area contributed by atoms with Crippen molar-refractivity contribution >= 4 is 11.6 Å². The van der Waals surface area contributed by atoms with Crippen LogP contribution in [0.2, 0.25) is 5.02 Å². The Hall–Kier alpha value is -0.770. The van der Waals surface area contributed by atoms with Gasteiger partial charge in [0.25, 0.3) is 0 Å². The van der Waals surface area contributed by atoms with Crippen LogP contribution in [-0.2, 0) is 4.74 Å². The molecule has 0 aliphatic carbocycles. The van der Waals surface area contributed by atoms with Crippen LogP contribution < -0.4 is 4.74 Å². The molecule has 1 N–H and O–H groups in total. The lowest BCUT2D eigenvalue weighted by Crippen LogP contribution is -2.10. The van der Waals surface area contributed by atoms with Crippen molar-refractivity contribution < 1.29 is 14.6 Å². The summed E-state index contributed by atoms with van der Waals surface area (Å²) in [5.74, 6) is 1.15. The summed E-state index contributed by atoms with van der Waals surface area (Å²) in [4.78, 5) is 0. The van der Waals surface area contributed by atoms with E-state index in [2.05, 4.69) is 13.8 Å². The fourth-order valence-electron chi connectivity index (χ4n) is 1.42. The number of hydrogen-bond donors (Lipinski definition) is 1. The first-order valence-electron chi connectivity index (χ1n) is 6.18. The fraction of sp³-hybridized carbons (Fsp3) is 0.571. The minimum atomic E-state index is -0.522. The molecular weight excluding hydrogens is 252 g/mol. The smallest absolute Gasteiger partial charge is 0.138 e. The van der Waals surface area contributed by atoms with E-state index >= 15 is 0 Å². The van der Waals surface area contributed by atoms with Crippen LogP contribution in [-0.4, -0.2) is 24.9 Å². The van der Waals surface area contributed by atoms with Gasteiger partial charge in [-0.2, -0.15) is 0 Å². The molecule has 0 fully saturated rings. The lowest BCUT2D eigenvalue weighted by Gasteiger charge is -2.11. The Morgan fingerprint density at radius 3 is 2.50 bits per heavy atom. The maximum atomic E-state index is 9.42. The summed E-state index contributed by atoms with van der Waals surface area (Å²) in [6.07, 6.45) is -0.522. The van der Waals surface area contributed by atoms with Gasteiger partial charge < -0.3 is 14.6 Å². The molecule has 0 heterocycles. The predicted octanol–water partition coefficient (Wildman–Crippen LogP) is 3.44. The van der Waals surface area contributed by atoms with E-state index in [0.717, 1.165) is 12.2 Å². The number of aliphatic hydroxyl groups is 1. The Balaban J connectivity index is 2.39. The minimum Gasteiger partial charge on any atom is -0.490 e. The first-order valence-corrected chi connectivity index (χ1v) is 6.56. The molecule has 0 saturated carbocycles. The second kappa shape index (κ2) is 7.62. The van der Waals surface area contributed by atoms with Crippen molar-refractivity contribution in [1.29, 1.82) is 0 Å². The third-order valence-electron chi connectivity index (χ3n) is 2.37. The van der Waals surface area contributed by atoms with Crippen LogP contribution in [0, 0.1) is 5.92 Å². The van der Waals surface area contributed by atoms with Crippen LogP contribution in [0.3, 0.4) is 0 Å². The average molecular weight is 273 g/mol. The van der Waals surface area contributed by atoms with Gasteiger partial charge in [0.1, 0.15) is 12.4 Å². The Labute approximate surface area is 114 Å². The molecule has 0 aromatic heterocycles. The zero-order chi connectivity index (χ0) is 13.5. The van der Waals surface area contributed by atoms with Gasteiger partial charge in [0, 0.05) is 6.61 Å². The zero-order valence-corrected chi connectivity index (χ0v) is 11.9. The van der Waals surface area contributed by atoms with Crippen molar-refractivity contribution in [3.8, 4) is 5.75 Å². The molecule has 1 aromatic carbocycles. The van der Waals surface area contributed by atoms with Crippen LogP contribution in [0.1, 0.15) is 32.4 Å². The third kappa shape index (κ3) is 5.25. The highest BCUT2D eigenvalue weighted by Gasteiger charge is 2.06. The Bertz CT molecular complexity index is 364. The highest BCUT2D eigenvalue weighted by molar-refractivity contribution is 6.32. The second-order valence-electron chi connectivity index (χ2n) is 4.68. The second-order valence-corrected chi connectivity index (χ2v) is 5.09. The quantitative estimate of drug-likeness (QED) is 0.773. The van der Waals surface area contributed by atoms with E-state index in [0.29, 0.717) is 29.9 Å². The monoisotopic (exact) mass is 272 g/mol. The van der Waals surface area contributed by atoms with Gasteiger partial charge in [-0.15, -0.1) is 0 Å². The van der Waals surface area contributed by atoms with E-state index in [9.17, 15) is 5.11 Å². The summed E-state index contributed by atoms with van der Waals surface area (Å²) < 4.78 is 10.9. The van der Waals surface area contributed by atoms with Crippen molar-refractivity contribution in [2.45, 2.75) is 26.9 Å². The molecule has 1 rings (SSSR count). The molecule has 4 heteroatoms. The highest BCUT2D eigenvalue weighted by atomic mass is 35.5. The first kappa shape index (κ1) is 15.3. The molecule has 3 nitrogen and oxygen atoms in total. The summed E-state index contributed by atoms with van der Waals surface area (Å²) in [5.41, 5.74) is 0.781. The molecule has 0 saturated heterocycles. The van der Waals surface area contributed by atoms with E-state index in [1.54, 1.807) is 25.1 Å². The molecule has 1 atom stereocenters. The Morgan fingerprint density at radius 2 is 1.94 bits per heavy atom. The summed E-state index contributed by atoms with van der Waals surface area (Å²) in [5, 5.41) is 9.93. The molecule has 0 bridgehead atoms. The van der Waals surface area contributed by atoms with Gasteiger partial charge in [0.2, 0.25) is 0 Å². The SMILES string of the molecule is CC(C)COCCOc1ccc([C@@H](C)O)cc1Cl. The Morgan fingerprint density at radius 1 is 1.22 bits per heavy atom. The summed E-state index contributed by atoms with van der Waals surface area (Å²) >= 11 is 6.06. The molecule has 0 spiro atoms. The fourth-order valence-corrected chi connectivity index (χ4v) is 1.67. The summed E-state index contributed by atoms with van der Waals surface area (Å²) in [6.45, 7) is 7.66. The molecule has 1 aromatic rings. The number of hydrogen-bond acceptors (Lipinski definition) is 3. The van der Waals surface area contributed by atoms with Crippen molar-refractivity contribution in [3.05, 3.63) is 28.8 Å². The van der Waals surface area contributed by atoms with Crippen molar-refractivity contribution in [1.82, 2.24) is 0 Å². The molecule has 0 amide bonds. The van der Waals surface area contributed by atoms with Crippen molar-refractivity contribution in [3.63, 3.8) is 0 Å². The molecule has 102 valence electrons. The number of ether oxygens (including phenoxy) is 2. The first-order chi connectivity index (χ1) is 8.50. The van der Waals surface area contributed by atoms with Crippen LogP contribution in [0.4, 0.5) is 0 Å². The van der Waals surface area contributed by atoms with E-state index in [-0.39, 0.29) is 0 Å². The molecule has 0 unspecified atom stereocenters. The molecular formula is C14H21ClO3. The van der Waals surface area contributed by atoms with Crippen LogP contribution in [0.5, 0.6) is 5.75 Å². The number of benzene rings is 1. The normalized spacial score (nSPS) is 12.8. The Kier molecular flexibility index (Phi) is 6.47. The number of aliphatic hydroxyl groups excluding tert-OH is 1. The van der Waals surface area contributed by atoms with Gasteiger partial charge >= 0.3 is 0 Å². The van der Waals surface area contributed by atoms with E-state index in [4.69, 9.17) is 21.1 Å². The van der Waals surface area contributed by atoms with Gasteiger partial charge in [0.05, 0.1) is 17.7 Å². The van der Waals surface area contributed by atoms with Crippen molar-refractivity contribution in [2.75, 3.05) is 19.8 Å². The number of rotatable bonds is 7. The van der Waals surface area contributed by atoms with E-state index in [1.165, 1.54) is 0 Å². The van der Waals surface area contributed by atoms with Gasteiger partial charge in [-0.25, -0.2) is 0 Å². The zero-order valence-electron chi connectivity index (χ0n) is 11.1. The third-order valence-corrected chi connectivity index (χ3v) is 2.67.